The zero-order valence-electron chi connectivity index (χ0n) is 11.1. The second kappa shape index (κ2) is 6.15. The molecule has 0 amide bonds. The molecule has 7 heteroatoms. The Morgan fingerprint density at radius 2 is 2.26 bits per heavy atom. The van der Waals surface area contributed by atoms with E-state index in [0.717, 1.165) is 22.5 Å². The number of aryl methyl sites for hydroxylation is 1. The minimum Gasteiger partial charge on any atom is -0.367 e. The maximum atomic E-state index is 11.1. The first-order valence-corrected chi connectivity index (χ1v) is 8.88. The minimum atomic E-state index is -0.768. The van der Waals surface area contributed by atoms with Gasteiger partial charge in [-0.05, 0) is 37.9 Å². The summed E-state index contributed by atoms with van der Waals surface area (Å²) >= 11 is 7.54. The molecule has 2 aromatic rings. The molecule has 2 atom stereocenters. The standard InChI is InChI=1S/C12H16ClN3OS2/c1-7(4-5-19(3)17)14-10-9-6-8(2)18-11(9)16-12(13)15-10/h6-7H,4-5H2,1-3H3,(H,14,15,16). The van der Waals surface area contributed by atoms with Crippen LogP contribution in [-0.4, -0.2) is 32.2 Å². The number of halogens is 1. The monoisotopic (exact) mass is 317 g/mol. The summed E-state index contributed by atoms with van der Waals surface area (Å²) in [5, 5.41) is 4.58. The molecule has 4 nitrogen and oxygen atoms in total. The van der Waals surface area contributed by atoms with E-state index in [-0.39, 0.29) is 11.3 Å². The molecule has 0 aliphatic rings. The van der Waals surface area contributed by atoms with Crippen LogP contribution in [0.15, 0.2) is 6.07 Å². The maximum Gasteiger partial charge on any atom is 0.225 e. The summed E-state index contributed by atoms with van der Waals surface area (Å²) in [6.45, 7) is 4.08. The van der Waals surface area contributed by atoms with Gasteiger partial charge in [-0.1, -0.05) is 0 Å². The van der Waals surface area contributed by atoms with Crippen molar-refractivity contribution in [1.29, 1.82) is 0 Å². The summed E-state index contributed by atoms with van der Waals surface area (Å²) in [7, 11) is -0.768. The molecule has 2 unspecified atom stereocenters. The first-order valence-electron chi connectivity index (χ1n) is 5.96. The molecule has 1 N–H and O–H groups in total. The average Bonchev–Trinajstić information content (AvgIpc) is 2.67. The highest BCUT2D eigenvalue weighted by molar-refractivity contribution is 7.84. The lowest BCUT2D eigenvalue weighted by Gasteiger charge is -2.14. The third kappa shape index (κ3) is 3.87. The summed E-state index contributed by atoms with van der Waals surface area (Å²) < 4.78 is 11.1. The van der Waals surface area contributed by atoms with Gasteiger partial charge in [0.25, 0.3) is 0 Å². The molecule has 0 aliphatic carbocycles. The fourth-order valence-corrected chi connectivity index (χ4v) is 3.56. The topological polar surface area (TPSA) is 54.9 Å². The van der Waals surface area contributed by atoms with E-state index in [0.29, 0.717) is 5.75 Å². The molecule has 0 aliphatic heterocycles. The predicted octanol–water partition coefficient (Wildman–Crippen LogP) is 3.22. The number of thiophene rings is 1. The normalized spacial score (nSPS) is 14.5. The smallest absolute Gasteiger partial charge is 0.225 e. The number of hydrogen-bond acceptors (Lipinski definition) is 5. The molecule has 0 fully saturated rings. The SMILES string of the molecule is Cc1cc2c(NC(C)CCS(C)=O)nc(Cl)nc2s1. The van der Waals surface area contributed by atoms with E-state index in [1.54, 1.807) is 17.6 Å². The molecule has 2 heterocycles. The van der Waals surface area contributed by atoms with Crippen LogP contribution in [-0.2, 0) is 10.8 Å². The molecule has 0 aromatic carbocycles. The fourth-order valence-electron chi connectivity index (χ4n) is 1.77. The number of anilines is 1. The minimum absolute atomic E-state index is 0.193. The van der Waals surface area contributed by atoms with Gasteiger partial charge >= 0.3 is 0 Å². The van der Waals surface area contributed by atoms with Crippen LogP contribution in [0, 0.1) is 6.92 Å². The van der Waals surface area contributed by atoms with E-state index >= 15 is 0 Å². The van der Waals surface area contributed by atoms with Crippen LogP contribution in [0.4, 0.5) is 5.82 Å². The summed E-state index contributed by atoms with van der Waals surface area (Å²) in [6.07, 6.45) is 2.55. The molecule has 19 heavy (non-hydrogen) atoms. The van der Waals surface area contributed by atoms with Gasteiger partial charge in [-0.3, -0.25) is 4.21 Å². The van der Waals surface area contributed by atoms with Gasteiger partial charge in [0, 0.05) is 33.7 Å². The van der Waals surface area contributed by atoms with Crippen molar-refractivity contribution >= 4 is 49.8 Å². The van der Waals surface area contributed by atoms with Gasteiger partial charge in [-0.15, -0.1) is 11.3 Å². The van der Waals surface area contributed by atoms with Gasteiger partial charge in [0.15, 0.2) is 0 Å². The van der Waals surface area contributed by atoms with Crippen LogP contribution < -0.4 is 5.32 Å². The summed E-state index contributed by atoms with van der Waals surface area (Å²) in [6, 6.07) is 2.25. The zero-order chi connectivity index (χ0) is 14.0. The number of hydrogen-bond donors (Lipinski definition) is 1. The molecule has 104 valence electrons. The third-order valence-corrected chi connectivity index (χ3v) is 4.63. The Morgan fingerprint density at radius 1 is 1.53 bits per heavy atom. The van der Waals surface area contributed by atoms with Gasteiger partial charge < -0.3 is 5.32 Å². The zero-order valence-corrected chi connectivity index (χ0v) is 13.5. The number of aromatic nitrogens is 2. The van der Waals surface area contributed by atoms with E-state index in [9.17, 15) is 4.21 Å². The summed E-state index contributed by atoms with van der Waals surface area (Å²) in [5.41, 5.74) is 0. The van der Waals surface area contributed by atoms with Gasteiger partial charge in [-0.2, -0.15) is 0 Å². The van der Waals surface area contributed by atoms with Crippen LogP contribution in [0.5, 0.6) is 0 Å². The van der Waals surface area contributed by atoms with Crippen molar-refractivity contribution in [2.45, 2.75) is 26.3 Å². The molecular weight excluding hydrogens is 302 g/mol. The van der Waals surface area contributed by atoms with E-state index in [4.69, 9.17) is 11.6 Å². The average molecular weight is 318 g/mol. The lowest BCUT2D eigenvalue weighted by molar-refractivity contribution is 0.678. The number of fused-ring (bicyclic) bond motifs is 1. The Kier molecular flexibility index (Phi) is 4.76. The highest BCUT2D eigenvalue weighted by Gasteiger charge is 2.12. The van der Waals surface area contributed by atoms with Crippen molar-refractivity contribution < 1.29 is 4.21 Å². The van der Waals surface area contributed by atoms with Crippen molar-refractivity contribution in [1.82, 2.24) is 9.97 Å². The van der Waals surface area contributed by atoms with Crippen molar-refractivity contribution in [2.24, 2.45) is 0 Å². The van der Waals surface area contributed by atoms with Crippen LogP contribution in [0.3, 0.4) is 0 Å². The molecule has 2 rings (SSSR count). The van der Waals surface area contributed by atoms with E-state index < -0.39 is 10.8 Å². The van der Waals surface area contributed by atoms with Crippen molar-refractivity contribution in [2.75, 3.05) is 17.3 Å². The van der Waals surface area contributed by atoms with Gasteiger partial charge in [0.2, 0.25) is 5.28 Å². The Hall–Kier alpha value is -0.720. The van der Waals surface area contributed by atoms with Crippen LogP contribution in [0.1, 0.15) is 18.2 Å². The fraction of sp³-hybridized carbons (Fsp3) is 0.500. The first kappa shape index (κ1) is 14.7. The van der Waals surface area contributed by atoms with Crippen molar-refractivity contribution in [3.8, 4) is 0 Å². The van der Waals surface area contributed by atoms with Crippen LogP contribution in [0.2, 0.25) is 5.28 Å². The molecule has 0 spiro atoms. The van der Waals surface area contributed by atoms with Gasteiger partial charge in [-0.25, -0.2) is 9.97 Å². The largest absolute Gasteiger partial charge is 0.367 e. The quantitative estimate of drug-likeness (QED) is 0.860. The second-order valence-corrected chi connectivity index (χ2v) is 7.66. The third-order valence-electron chi connectivity index (χ3n) is 2.71. The van der Waals surface area contributed by atoms with Gasteiger partial charge in [0.1, 0.15) is 10.6 Å². The Bertz CT molecular complexity index is 614. The highest BCUT2D eigenvalue weighted by Crippen LogP contribution is 2.29. The summed E-state index contributed by atoms with van der Waals surface area (Å²) in [5.74, 6) is 1.44. The van der Waals surface area contributed by atoms with Gasteiger partial charge in [0.05, 0.1) is 5.39 Å². The summed E-state index contributed by atoms with van der Waals surface area (Å²) in [4.78, 5) is 10.6. The molecule has 0 saturated carbocycles. The number of rotatable bonds is 5. The molecule has 0 radical (unpaired) electrons. The lowest BCUT2D eigenvalue weighted by atomic mass is 10.2. The molecular formula is C12H16ClN3OS2. The Labute approximate surface area is 124 Å². The van der Waals surface area contributed by atoms with Crippen molar-refractivity contribution in [3.63, 3.8) is 0 Å². The van der Waals surface area contributed by atoms with Crippen molar-refractivity contribution in [3.05, 3.63) is 16.2 Å². The number of nitrogens with zero attached hydrogens (tertiary/aromatic N) is 2. The van der Waals surface area contributed by atoms with Crippen LogP contribution >= 0.6 is 22.9 Å². The number of nitrogens with one attached hydrogen (secondary N) is 1. The molecule has 0 saturated heterocycles. The second-order valence-electron chi connectivity index (χ2n) is 4.53. The Morgan fingerprint density at radius 3 is 2.95 bits per heavy atom. The van der Waals surface area contributed by atoms with E-state index in [2.05, 4.69) is 21.4 Å². The van der Waals surface area contributed by atoms with E-state index in [1.807, 2.05) is 13.8 Å². The maximum absolute atomic E-state index is 11.1. The van der Waals surface area contributed by atoms with Crippen LogP contribution in [0.25, 0.3) is 10.2 Å². The predicted molar refractivity (Wildman–Crippen MR) is 83.8 cm³/mol. The molecule has 0 bridgehead atoms. The molecule has 2 aromatic heterocycles. The lowest BCUT2D eigenvalue weighted by Crippen LogP contribution is -2.18. The highest BCUT2D eigenvalue weighted by atomic mass is 35.5. The Balaban J connectivity index is 2.21. The first-order chi connectivity index (χ1) is 8.95. The van der Waals surface area contributed by atoms with E-state index in [1.165, 1.54) is 4.88 Å².